The highest BCUT2D eigenvalue weighted by atomic mass is 16.5. The fraction of sp³-hybridized carbons (Fsp3) is 0.261. The number of pyridine rings is 1. The van der Waals surface area contributed by atoms with Crippen LogP contribution in [0.25, 0.3) is 21.8 Å². The zero-order valence-corrected chi connectivity index (χ0v) is 15.3. The normalized spacial score (nSPS) is 16.6. The van der Waals surface area contributed by atoms with Crippen molar-refractivity contribution >= 4 is 21.8 Å². The predicted molar refractivity (Wildman–Crippen MR) is 107 cm³/mol. The Morgan fingerprint density at radius 2 is 1.96 bits per heavy atom. The number of rotatable bonds is 3. The molecule has 136 valence electrons. The minimum absolute atomic E-state index is 0.274. The second kappa shape index (κ2) is 6.39. The highest BCUT2D eigenvalue weighted by molar-refractivity contribution is 6.10. The number of aliphatic hydroxyl groups is 1. The number of aliphatic hydroxyl groups excluding tert-OH is 1. The Kier molecular flexibility index (Phi) is 3.87. The molecule has 4 heteroatoms. The van der Waals surface area contributed by atoms with Gasteiger partial charge in [0.15, 0.2) is 0 Å². The van der Waals surface area contributed by atoms with Crippen LogP contribution in [-0.4, -0.2) is 28.3 Å². The number of aryl methyl sites for hydroxylation is 1. The van der Waals surface area contributed by atoms with Gasteiger partial charge < -0.3 is 14.8 Å². The van der Waals surface area contributed by atoms with Crippen LogP contribution < -0.4 is 4.74 Å². The summed E-state index contributed by atoms with van der Waals surface area (Å²) in [5, 5.41) is 12.7. The van der Waals surface area contributed by atoms with Gasteiger partial charge >= 0.3 is 0 Å². The van der Waals surface area contributed by atoms with Crippen molar-refractivity contribution in [2.24, 2.45) is 0 Å². The number of hydrogen-bond donors (Lipinski definition) is 2. The summed E-state index contributed by atoms with van der Waals surface area (Å²) in [5.41, 5.74) is 6.85. The molecule has 0 saturated heterocycles. The van der Waals surface area contributed by atoms with E-state index in [1.165, 1.54) is 21.9 Å². The first-order valence-corrected chi connectivity index (χ1v) is 9.45. The number of nitrogens with one attached hydrogen (secondary N) is 1. The summed E-state index contributed by atoms with van der Waals surface area (Å²) in [6, 6.07) is 16.6. The van der Waals surface area contributed by atoms with Crippen LogP contribution in [0, 0.1) is 0 Å². The number of fused-ring (bicyclic) bond motifs is 5. The van der Waals surface area contributed by atoms with Crippen molar-refractivity contribution in [3.63, 3.8) is 0 Å². The van der Waals surface area contributed by atoms with Gasteiger partial charge in [0.25, 0.3) is 0 Å². The summed E-state index contributed by atoms with van der Waals surface area (Å²) in [5.74, 6) is 0.863. The molecule has 2 aromatic heterocycles. The fourth-order valence-corrected chi connectivity index (χ4v) is 4.23. The molecular formula is C23H22N2O2. The van der Waals surface area contributed by atoms with Crippen molar-refractivity contribution in [2.45, 2.75) is 31.8 Å². The van der Waals surface area contributed by atoms with E-state index in [-0.39, 0.29) is 6.10 Å². The van der Waals surface area contributed by atoms with Crippen LogP contribution in [0.2, 0.25) is 0 Å². The molecule has 2 N–H and O–H groups in total. The van der Waals surface area contributed by atoms with E-state index in [0.29, 0.717) is 6.42 Å². The van der Waals surface area contributed by atoms with E-state index in [1.807, 2.05) is 12.1 Å². The van der Waals surface area contributed by atoms with Gasteiger partial charge in [-0.15, -0.1) is 0 Å². The molecule has 1 atom stereocenters. The molecule has 2 heterocycles. The van der Waals surface area contributed by atoms with Gasteiger partial charge in [-0.2, -0.15) is 0 Å². The maximum atomic E-state index is 10.2. The van der Waals surface area contributed by atoms with Crippen LogP contribution in [0.5, 0.6) is 5.75 Å². The molecule has 1 unspecified atom stereocenters. The highest BCUT2D eigenvalue weighted by Gasteiger charge is 2.24. The first kappa shape index (κ1) is 16.3. The molecule has 0 aliphatic heterocycles. The summed E-state index contributed by atoms with van der Waals surface area (Å²) >= 11 is 0. The number of para-hydroxylation sites is 1. The molecule has 5 rings (SSSR count). The second-order valence-electron chi connectivity index (χ2n) is 7.33. The van der Waals surface area contributed by atoms with Crippen LogP contribution in [0.3, 0.4) is 0 Å². The summed E-state index contributed by atoms with van der Waals surface area (Å²) in [4.78, 5) is 8.62. The fourth-order valence-electron chi connectivity index (χ4n) is 4.23. The zero-order chi connectivity index (χ0) is 18.4. The largest absolute Gasteiger partial charge is 0.497 e. The Hall–Kier alpha value is -2.85. The summed E-state index contributed by atoms with van der Waals surface area (Å²) in [6.07, 6.45) is 2.80. The Morgan fingerprint density at radius 1 is 1.15 bits per heavy atom. The van der Waals surface area contributed by atoms with Crippen LogP contribution in [0.1, 0.15) is 28.9 Å². The van der Waals surface area contributed by atoms with E-state index in [2.05, 4.69) is 41.4 Å². The van der Waals surface area contributed by atoms with Crippen LogP contribution >= 0.6 is 0 Å². The van der Waals surface area contributed by atoms with Crippen molar-refractivity contribution < 1.29 is 9.84 Å². The van der Waals surface area contributed by atoms with Gasteiger partial charge in [-0.05, 0) is 42.2 Å². The number of aromatic nitrogens is 2. The topological polar surface area (TPSA) is 58.1 Å². The maximum Gasteiger partial charge on any atom is 0.118 e. The molecule has 0 radical (unpaired) electrons. The SMILES string of the molecule is COc1ccc(Cc2nc3c(c4c2[nH]c2ccccc24)CC(O)CC3)cc1. The number of benzene rings is 2. The van der Waals surface area contributed by atoms with Gasteiger partial charge in [0, 0.05) is 34.8 Å². The maximum absolute atomic E-state index is 10.2. The summed E-state index contributed by atoms with van der Waals surface area (Å²) in [6.45, 7) is 0. The van der Waals surface area contributed by atoms with Gasteiger partial charge in [-0.3, -0.25) is 4.98 Å². The molecule has 4 nitrogen and oxygen atoms in total. The standard InChI is InChI=1S/C23H22N2O2/c1-27-16-9-6-14(7-10-16)12-21-23-22(17-4-2-3-5-19(17)25-23)18-13-15(26)8-11-20(18)24-21/h2-7,9-10,15,25-26H,8,11-13H2,1H3. The Morgan fingerprint density at radius 3 is 2.78 bits per heavy atom. The van der Waals surface area contributed by atoms with Crippen LogP contribution in [-0.2, 0) is 19.3 Å². The van der Waals surface area contributed by atoms with Gasteiger partial charge in [0.05, 0.1) is 24.4 Å². The van der Waals surface area contributed by atoms with Crippen molar-refractivity contribution in [3.8, 4) is 5.75 Å². The van der Waals surface area contributed by atoms with E-state index in [9.17, 15) is 5.11 Å². The van der Waals surface area contributed by atoms with E-state index < -0.39 is 0 Å². The molecule has 0 fully saturated rings. The third-order valence-electron chi connectivity index (χ3n) is 5.60. The van der Waals surface area contributed by atoms with Crippen LogP contribution in [0.4, 0.5) is 0 Å². The number of aromatic amines is 1. The van der Waals surface area contributed by atoms with Gasteiger partial charge in [-0.25, -0.2) is 0 Å². The molecule has 0 spiro atoms. The molecule has 27 heavy (non-hydrogen) atoms. The van der Waals surface area contributed by atoms with Crippen molar-refractivity contribution in [3.05, 3.63) is 71.0 Å². The predicted octanol–water partition coefficient (Wildman–Crippen LogP) is 4.17. The lowest BCUT2D eigenvalue weighted by atomic mass is 9.89. The Labute approximate surface area is 157 Å². The summed E-state index contributed by atoms with van der Waals surface area (Å²) in [7, 11) is 1.68. The molecule has 1 aliphatic carbocycles. The van der Waals surface area contributed by atoms with E-state index >= 15 is 0 Å². The quantitative estimate of drug-likeness (QED) is 0.578. The molecule has 4 aromatic rings. The van der Waals surface area contributed by atoms with Gasteiger partial charge in [0.1, 0.15) is 5.75 Å². The average molecular weight is 358 g/mol. The van der Waals surface area contributed by atoms with E-state index in [1.54, 1.807) is 7.11 Å². The number of hydrogen-bond acceptors (Lipinski definition) is 3. The molecule has 0 bridgehead atoms. The van der Waals surface area contributed by atoms with Gasteiger partial charge in [-0.1, -0.05) is 30.3 Å². The minimum atomic E-state index is -0.274. The first-order valence-electron chi connectivity index (χ1n) is 9.45. The molecule has 0 amide bonds. The van der Waals surface area contributed by atoms with Crippen molar-refractivity contribution in [1.29, 1.82) is 0 Å². The molecule has 1 aliphatic rings. The number of methoxy groups -OCH3 is 1. The third kappa shape index (κ3) is 2.77. The third-order valence-corrected chi connectivity index (χ3v) is 5.60. The second-order valence-corrected chi connectivity index (χ2v) is 7.33. The lowest BCUT2D eigenvalue weighted by molar-refractivity contribution is 0.158. The van der Waals surface area contributed by atoms with Crippen molar-refractivity contribution in [1.82, 2.24) is 9.97 Å². The first-order chi connectivity index (χ1) is 13.2. The number of nitrogens with zero attached hydrogens (tertiary/aromatic N) is 1. The summed E-state index contributed by atoms with van der Waals surface area (Å²) < 4.78 is 5.27. The number of H-pyrrole nitrogens is 1. The molecule has 0 saturated carbocycles. The van der Waals surface area contributed by atoms with E-state index in [0.717, 1.165) is 47.4 Å². The molecular weight excluding hydrogens is 336 g/mol. The highest BCUT2D eigenvalue weighted by Crippen LogP contribution is 2.35. The average Bonchev–Trinajstić information content (AvgIpc) is 3.09. The Bertz CT molecular complexity index is 1130. The lowest BCUT2D eigenvalue weighted by Crippen LogP contribution is -2.20. The zero-order valence-electron chi connectivity index (χ0n) is 15.3. The van der Waals surface area contributed by atoms with Gasteiger partial charge in [0.2, 0.25) is 0 Å². The smallest absolute Gasteiger partial charge is 0.118 e. The van der Waals surface area contributed by atoms with E-state index in [4.69, 9.17) is 9.72 Å². The Balaban J connectivity index is 1.71. The van der Waals surface area contributed by atoms with Crippen molar-refractivity contribution in [2.75, 3.05) is 7.11 Å². The lowest BCUT2D eigenvalue weighted by Gasteiger charge is -2.22. The number of ether oxygens (including phenoxy) is 1. The monoisotopic (exact) mass is 358 g/mol. The molecule has 2 aromatic carbocycles. The minimum Gasteiger partial charge on any atom is -0.497 e. The van der Waals surface area contributed by atoms with Crippen LogP contribution in [0.15, 0.2) is 48.5 Å².